The summed E-state index contributed by atoms with van der Waals surface area (Å²) in [5, 5.41) is 2.58. The molecule has 2 aromatic rings. The minimum absolute atomic E-state index is 0.480. The highest BCUT2D eigenvalue weighted by molar-refractivity contribution is 7.13. The molecule has 0 radical (unpaired) electrons. The molecule has 0 fully saturated rings. The largest absolute Gasteiger partial charge is 0.329 e. The molecule has 0 aliphatic rings. The average Bonchev–Trinajstić information content (AvgIpc) is 2.85. The summed E-state index contributed by atoms with van der Waals surface area (Å²) in [6, 6.07) is 0. The third-order valence-electron chi connectivity index (χ3n) is 1.91. The fraction of sp³-hybridized carbons (Fsp3) is 0.222. The number of carbonyl (C=O) groups excluding carboxylic acids is 1. The van der Waals surface area contributed by atoms with Crippen LogP contribution < -0.4 is 0 Å². The van der Waals surface area contributed by atoms with Crippen LogP contribution in [0.5, 0.6) is 0 Å². The molecular weight excluding hydrogens is 198 g/mol. The smallest absolute Gasteiger partial charge is 0.169 e. The summed E-state index contributed by atoms with van der Waals surface area (Å²) < 4.78 is 1.99. The van der Waals surface area contributed by atoms with E-state index >= 15 is 0 Å². The maximum absolute atomic E-state index is 10.5. The predicted octanol–water partition coefficient (Wildman–Crippen LogP) is 1.84. The van der Waals surface area contributed by atoms with Crippen molar-refractivity contribution in [1.82, 2.24) is 14.5 Å². The Balaban J connectivity index is 2.43. The van der Waals surface area contributed by atoms with Crippen molar-refractivity contribution in [3.63, 3.8) is 0 Å². The van der Waals surface area contributed by atoms with Gasteiger partial charge in [-0.15, -0.1) is 11.3 Å². The van der Waals surface area contributed by atoms with Crippen LogP contribution in [-0.2, 0) is 6.54 Å². The lowest BCUT2D eigenvalue weighted by atomic mass is 10.4. The second-order valence-electron chi connectivity index (χ2n) is 2.76. The Morgan fingerprint density at radius 2 is 2.50 bits per heavy atom. The standard InChI is InChI=1S/C9H9N3OS/c1-2-12-6-10-3-8(12)9-11-7(4-13)5-14-9/h3-6H,2H2,1H3. The van der Waals surface area contributed by atoms with Gasteiger partial charge in [-0.2, -0.15) is 0 Å². The van der Waals surface area contributed by atoms with E-state index in [0.717, 1.165) is 23.5 Å². The van der Waals surface area contributed by atoms with E-state index in [4.69, 9.17) is 0 Å². The minimum atomic E-state index is 0.480. The first-order valence-electron chi connectivity index (χ1n) is 4.26. The van der Waals surface area contributed by atoms with Crippen molar-refractivity contribution in [2.24, 2.45) is 0 Å². The number of hydrogen-bond acceptors (Lipinski definition) is 4. The molecule has 72 valence electrons. The number of nitrogens with zero attached hydrogens (tertiary/aromatic N) is 3. The van der Waals surface area contributed by atoms with Crippen LogP contribution >= 0.6 is 11.3 Å². The summed E-state index contributed by atoms with van der Waals surface area (Å²) in [6.07, 6.45) is 4.28. The van der Waals surface area contributed by atoms with Crippen LogP contribution in [0.2, 0.25) is 0 Å². The summed E-state index contributed by atoms with van der Waals surface area (Å²) in [6.45, 7) is 2.89. The van der Waals surface area contributed by atoms with Gasteiger partial charge in [0, 0.05) is 11.9 Å². The zero-order chi connectivity index (χ0) is 9.97. The molecule has 4 nitrogen and oxygen atoms in total. The molecule has 5 heteroatoms. The van der Waals surface area contributed by atoms with Crippen LogP contribution in [0.1, 0.15) is 17.4 Å². The molecular formula is C9H9N3OS. The summed E-state index contributed by atoms with van der Waals surface area (Å²) in [5.41, 5.74) is 1.44. The Hall–Kier alpha value is -1.49. The number of thiazole rings is 1. The maximum Gasteiger partial charge on any atom is 0.169 e. The number of aromatic nitrogens is 3. The second-order valence-corrected chi connectivity index (χ2v) is 3.62. The first-order valence-corrected chi connectivity index (χ1v) is 5.14. The zero-order valence-corrected chi connectivity index (χ0v) is 8.49. The first-order chi connectivity index (χ1) is 6.85. The average molecular weight is 207 g/mol. The van der Waals surface area contributed by atoms with E-state index in [1.807, 2.05) is 11.5 Å². The molecule has 0 atom stereocenters. The fourth-order valence-electron chi connectivity index (χ4n) is 1.21. The Morgan fingerprint density at radius 1 is 1.64 bits per heavy atom. The van der Waals surface area contributed by atoms with Gasteiger partial charge in [-0.1, -0.05) is 0 Å². The summed E-state index contributed by atoms with van der Waals surface area (Å²) in [7, 11) is 0. The molecule has 14 heavy (non-hydrogen) atoms. The second kappa shape index (κ2) is 3.71. The molecule has 0 aliphatic carbocycles. The van der Waals surface area contributed by atoms with E-state index in [2.05, 4.69) is 9.97 Å². The van der Waals surface area contributed by atoms with Gasteiger partial charge in [-0.05, 0) is 6.92 Å². The van der Waals surface area contributed by atoms with Crippen LogP contribution in [0.3, 0.4) is 0 Å². The Morgan fingerprint density at radius 3 is 3.14 bits per heavy atom. The van der Waals surface area contributed by atoms with Crippen LogP contribution in [0.15, 0.2) is 17.9 Å². The van der Waals surface area contributed by atoms with Crippen LogP contribution in [0.4, 0.5) is 0 Å². The molecule has 0 spiro atoms. The van der Waals surface area contributed by atoms with E-state index in [1.165, 1.54) is 11.3 Å². The number of rotatable bonds is 3. The summed E-state index contributed by atoms with van der Waals surface area (Å²) in [5.74, 6) is 0. The van der Waals surface area contributed by atoms with E-state index in [9.17, 15) is 4.79 Å². The molecule has 2 heterocycles. The molecule has 0 unspecified atom stereocenters. The van der Waals surface area contributed by atoms with Crippen molar-refractivity contribution in [1.29, 1.82) is 0 Å². The molecule has 0 saturated heterocycles. The fourth-order valence-corrected chi connectivity index (χ4v) is 2.00. The SMILES string of the molecule is CCn1cncc1-c1nc(C=O)cs1. The van der Waals surface area contributed by atoms with Gasteiger partial charge in [0.25, 0.3) is 0 Å². The third kappa shape index (κ3) is 1.46. The Bertz CT molecular complexity index is 446. The number of hydrogen-bond donors (Lipinski definition) is 0. The van der Waals surface area contributed by atoms with Crippen LogP contribution in [-0.4, -0.2) is 20.8 Å². The zero-order valence-electron chi connectivity index (χ0n) is 7.67. The van der Waals surface area contributed by atoms with Gasteiger partial charge in [-0.3, -0.25) is 4.79 Å². The van der Waals surface area contributed by atoms with Gasteiger partial charge < -0.3 is 4.57 Å². The predicted molar refractivity (Wildman–Crippen MR) is 54.4 cm³/mol. The monoisotopic (exact) mass is 207 g/mol. The quantitative estimate of drug-likeness (QED) is 0.721. The van der Waals surface area contributed by atoms with Gasteiger partial charge >= 0.3 is 0 Å². The van der Waals surface area contributed by atoms with Gasteiger partial charge in [0.05, 0.1) is 18.2 Å². The van der Waals surface area contributed by atoms with Crippen molar-refractivity contribution >= 4 is 17.6 Å². The molecule has 0 aliphatic heterocycles. The van der Waals surface area contributed by atoms with Gasteiger partial charge in [0.1, 0.15) is 10.7 Å². The highest BCUT2D eigenvalue weighted by Crippen LogP contribution is 2.22. The minimum Gasteiger partial charge on any atom is -0.329 e. The lowest BCUT2D eigenvalue weighted by molar-refractivity contribution is 0.111. The Labute approximate surface area is 85.2 Å². The summed E-state index contributed by atoms with van der Waals surface area (Å²) >= 11 is 1.46. The van der Waals surface area contributed by atoms with Crippen LogP contribution in [0.25, 0.3) is 10.7 Å². The van der Waals surface area contributed by atoms with Crippen molar-refractivity contribution in [3.05, 3.63) is 23.6 Å². The normalized spacial score (nSPS) is 10.4. The lowest BCUT2D eigenvalue weighted by Crippen LogP contribution is -1.94. The molecule has 0 bridgehead atoms. The maximum atomic E-state index is 10.5. The van der Waals surface area contributed by atoms with E-state index in [-0.39, 0.29) is 0 Å². The molecule has 2 aromatic heterocycles. The van der Waals surface area contributed by atoms with Crippen molar-refractivity contribution in [2.75, 3.05) is 0 Å². The molecule has 0 aromatic carbocycles. The molecule has 2 rings (SSSR count). The van der Waals surface area contributed by atoms with Gasteiger partial charge in [-0.25, -0.2) is 9.97 Å². The number of carbonyl (C=O) groups is 1. The first kappa shape index (κ1) is 9.08. The van der Waals surface area contributed by atoms with E-state index in [0.29, 0.717) is 5.69 Å². The van der Waals surface area contributed by atoms with E-state index in [1.54, 1.807) is 17.9 Å². The van der Waals surface area contributed by atoms with Crippen LogP contribution in [0, 0.1) is 0 Å². The third-order valence-corrected chi connectivity index (χ3v) is 2.80. The molecule has 0 N–H and O–H groups in total. The van der Waals surface area contributed by atoms with Gasteiger partial charge in [0.15, 0.2) is 6.29 Å². The number of imidazole rings is 1. The van der Waals surface area contributed by atoms with Crippen molar-refractivity contribution < 1.29 is 4.79 Å². The van der Waals surface area contributed by atoms with Crippen molar-refractivity contribution in [2.45, 2.75) is 13.5 Å². The molecule has 0 amide bonds. The summed E-state index contributed by atoms with van der Waals surface area (Å²) in [4.78, 5) is 18.7. The number of aldehydes is 1. The van der Waals surface area contributed by atoms with Crippen molar-refractivity contribution in [3.8, 4) is 10.7 Å². The van der Waals surface area contributed by atoms with E-state index < -0.39 is 0 Å². The lowest BCUT2D eigenvalue weighted by Gasteiger charge is -1.99. The molecule has 0 saturated carbocycles. The number of aryl methyl sites for hydroxylation is 1. The van der Waals surface area contributed by atoms with Gasteiger partial charge in [0.2, 0.25) is 0 Å². The Kier molecular flexibility index (Phi) is 2.41. The topological polar surface area (TPSA) is 47.8 Å². The highest BCUT2D eigenvalue weighted by Gasteiger charge is 2.08. The highest BCUT2D eigenvalue weighted by atomic mass is 32.1.